The Morgan fingerprint density at radius 2 is 2.00 bits per heavy atom. The second kappa shape index (κ2) is 6.73. The van der Waals surface area contributed by atoms with Crippen LogP contribution in [0.25, 0.3) is 0 Å². The van der Waals surface area contributed by atoms with Crippen LogP contribution in [0.1, 0.15) is 51.9 Å². The first-order valence-corrected chi connectivity index (χ1v) is 9.46. The molecule has 1 saturated carbocycles. The molecule has 6 heteroatoms. The molecule has 3 N–H and O–H groups in total. The van der Waals surface area contributed by atoms with E-state index in [4.69, 9.17) is 10.5 Å². The Hall–Kier alpha value is -0.170. The van der Waals surface area contributed by atoms with Crippen molar-refractivity contribution in [3.63, 3.8) is 0 Å². The number of nitrogens with one attached hydrogen (secondary N) is 1. The Morgan fingerprint density at radius 3 is 2.60 bits per heavy atom. The average molecular weight is 304 g/mol. The summed E-state index contributed by atoms with van der Waals surface area (Å²) in [6.07, 6.45) is 6.86. The van der Waals surface area contributed by atoms with Crippen molar-refractivity contribution in [2.45, 2.75) is 63.5 Å². The molecule has 0 spiro atoms. The first kappa shape index (κ1) is 16.2. The Kier molecular flexibility index (Phi) is 5.45. The van der Waals surface area contributed by atoms with Crippen molar-refractivity contribution >= 4 is 10.0 Å². The van der Waals surface area contributed by atoms with Crippen LogP contribution in [-0.4, -0.2) is 39.0 Å². The highest BCUT2D eigenvalue weighted by molar-refractivity contribution is 7.89. The molecule has 20 heavy (non-hydrogen) atoms. The summed E-state index contributed by atoms with van der Waals surface area (Å²) < 4.78 is 33.3. The fourth-order valence-electron chi connectivity index (χ4n) is 3.45. The molecular formula is C14H28N2O3S. The number of ether oxygens (including phenoxy) is 1. The van der Waals surface area contributed by atoms with Gasteiger partial charge in [-0.1, -0.05) is 19.8 Å². The van der Waals surface area contributed by atoms with Crippen LogP contribution in [0.2, 0.25) is 0 Å². The van der Waals surface area contributed by atoms with E-state index in [0.29, 0.717) is 19.1 Å². The van der Waals surface area contributed by atoms with Gasteiger partial charge in [-0.15, -0.1) is 0 Å². The lowest BCUT2D eigenvalue weighted by Gasteiger charge is -2.42. The third-order valence-corrected chi connectivity index (χ3v) is 6.38. The second-order valence-electron chi connectivity index (χ2n) is 6.38. The lowest BCUT2D eigenvalue weighted by molar-refractivity contribution is 0.0301. The Morgan fingerprint density at radius 1 is 1.25 bits per heavy atom. The molecule has 1 aliphatic heterocycles. The van der Waals surface area contributed by atoms with Crippen LogP contribution in [-0.2, 0) is 14.8 Å². The normalized spacial score (nSPS) is 35.9. The van der Waals surface area contributed by atoms with Gasteiger partial charge >= 0.3 is 0 Å². The minimum absolute atomic E-state index is 0.0709. The van der Waals surface area contributed by atoms with Crippen molar-refractivity contribution in [2.24, 2.45) is 11.7 Å². The van der Waals surface area contributed by atoms with E-state index in [9.17, 15) is 8.42 Å². The van der Waals surface area contributed by atoms with Crippen molar-refractivity contribution in [3.8, 4) is 0 Å². The molecule has 2 fully saturated rings. The van der Waals surface area contributed by atoms with Crippen molar-refractivity contribution in [1.82, 2.24) is 4.72 Å². The van der Waals surface area contributed by atoms with E-state index < -0.39 is 15.6 Å². The summed E-state index contributed by atoms with van der Waals surface area (Å²) >= 11 is 0. The summed E-state index contributed by atoms with van der Waals surface area (Å²) in [6, 6.07) is 0. The molecular weight excluding hydrogens is 276 g/mol. The molecule has 2 aliphatic rings. The third kappa shape index (κ3) is 3.93. The van der Waals surface area contributed by atoms with Gasteiger partial charge < -0.3 is 10.5 Å². The van der Waals surface area contributed by atoms with E-state index in [0.717, 1.165) is 44.9 Å². The van der Waals surface area contributed by atoms with Crippen molar-refractivity contribution in [2.75, 3.05) is 18.9 Å². The van der Waals surface area contributed by atoms with E-state index in [-0.39, 0.29) is 11.9 Å². The standard InChI is InChI=1S/C14H28N2O3S/c1-12-6-2-4-8-14(12,11-15)16-20(17,18)10-13-7-3-5-9-19-13/h12-13,16H,2-11,15H2,1H3. The maximum Gasteiger partial charge on any atom is 0.214 e. The molecule has 3 atom stereocenters. The van der Waals surface area contributed by atoms with Crippen LogP contribution in [0.3, 0.4) is 0 Å². The van der Waals surface area contributed by atoms with Gasteiger partial charge in [-0.3, -0.25) is 0 Å². The highest BCUT2D eigenvalue weighted by Gasteiger charge is 2.40. The van der Waals surface area contributed by atoms with E-state index in [1.54, 1.807) is 0 Å². The topological polar surface area (TPSA) is 81.4 Å². The highest BCUT2D eigenvalue weighted by atomic mass is 32.2. The first-order valence-electron chi connectivity index (χ1n) is 7.81. The third-order valence-electron chi connectivity index (χ3n) is 4.86. The van der Waals surface area contributed by atoms with Gasteiger partial charge in [0.15, 0.2) is 0 Å². The Labute approximate surface area is 122 Å². The highest BCUT2D eigenvalue weighted by Crippen LogP contribution is 2.33. The van der Waals surface area contributed by atoms with E-state index in [2.05, 4.69) is 11.6 Å². The van der Waals surface area contributed by atoms with Crippen molar-refractivity contribution in [1.29, 1.82) is 0 Å². The van der Waals surface area contributed by atoms with Crippen LogP contribution in [0.4, 0.5) is 0 Å². The van der Waals surface area contributed by atoms with Gasteiger partial charge in [-0.05, 0) is 38.0 Å². The molecule has 1 heterocycles. The lowest BCUT2D eigenvalue weighted by Crippen LogP contribution is -2.60. The molecule has 0 amide bonds. The zero-order chi connectivity index (χ0) is 14.6. The first-order chi connectivity index (χ1) is 9.47. The van der Waals surface area contributed by atoms with E-state index in [1.165, 1.54) is 0 Å². The maximum absolute atomic E-state index is 12.4. The van der Waals surface area contributed by atoms with Crippen LogP contribution in [0, 0.1) is 5.92 Å². The number of sulfonamides is 1. The van der Waals surface area contributed by atoms with Crippen LogP contribution in [0.15, 0.2) is 0 Å². The largest absolute Gasteiger partial charge is 0.377 e. The Balaban J connectivity index is 2.01. The predicted molar refractivity (Wildman–Crippen MR) is 79.9 cm³/mol. The van der Waals surface area contributed by atoms with Gasteiger partial charge in [0.1, 0.15) is 0 Å². The number of nitrogens with two attached hydrogens (primary N) is 1. The number of hydrogen-bond donors (Lipinski definition) is 2. The molecule has 1 aliphatic carbocycles. The van der Waals surface area contributed by atoms with Gasteiger partial charge in [0.25, 0.3) is 0 Å². The van der Waals surface area contributed by atoms with Gasteiger partial charge in [0.2, 0.25) is 10.0 Å². The molecule has 118 valence electrons. The predicted octanol–water partition coefficient (Wildman–Crippen LogP) is 1.38. The van der Waals surface area contributed by atoms with Crippen LogP contribution < -0.4 is 10.5 Å². The zero-order valence-corrected chi connectivity index (χ0v) is 13.3. The van der Waals surface area contributed by atoms with Gasteiger partial charge in [0.05, 0.1) is 11.9 Å². The molecule has 0 aromatic carbocycles. The minimum atomic E-state index is -3.34. The average Bonchev–Trinajstić information content (AvgIpc) is 2.42. The number of hydrogen-bond acceptors (Lipinski definition) is 4. The van der Waals surface area contributed by atoms with Crippen molar-refractivity contribution in [3.05, 3.63) is 0 Å². The summed E-state index contributed by atoms with van der Waals surface area (Å²) in [6.45, 7) is 3.16. The van der Waals surface area contributed by atoms with Crippen molar-refractivity contribution < 1.29 is 13.2 Å². The molecule has 3 unspecified atom stereocenters. The van der Waals surface area contributed by atoms with E-state index >= 15 is 0 Å². The van der Waals surface area contributed by atoms with Gasteiger partial charge in [0, 0.05) is 18.7 Å². The minimum Gasteiger partial charge on any atom is -0.377 e. The monoisotopic (exact) mass is 304 g/mol. The zero-order valence-electron chi connectivity index (χ0n) is 12.4. The second-order valence-corrected chi connectivity index (χ2v) is 8.15. The van der Waals surface area contributed by atoms with Crippen LogP contribution in [0.5, 0.6) is 0 Å². The fourth-order valence-corrected chi connectivity index (χ4v) is 5.29. The summed E-state index contributed by atoms with van der Waals surface area (Å²) in [5.74, 6) is 0.366. The molecule has 0 radical (unpaired) electrons. The Bertz CT molecular complexity index is 407. The molecule has 2 rings (SSSR count). The summed E-state index contributed by atoms with van der Waals surface area (Å²) in [4.78, 5) is 0. The maximum atomic E-state index is 12.4. The molecule has 0 bridgehead atoms. The lowest BCUT2D eigenvalue weighted by atomic mass is 9.74. The smallest absolute Gasteiger partial charge is 0.214 e. The van der Waals surface area contributed by atoms with Crippen LogP contribution >= 0.6 is 0 Å². The fraction of sp³-hybridized carbons (Fsp3) is 1.00. The summed E-state index contributed by atoms with van der Waals surface area (Å²) in [5, 5.41) is 0. The quantitative estimate of drug-likeness (QED) is 0.804. The van der Waals surface area contributed by atoms with Gasteiger partial charge in [-0.25, -0.2) is 13.1 Å². The molecule has 1 saturated heterocycles. The molecule has 0 aromatic heterocycles. The SMILES string of the molecule is CC1CCCCC1(CN)NS(=O)(=O)CC1CCCCO1. The van der Waals surface area contributed by atoms with Gasteiger partial charge in [-0.2, -0.15) is 0 Å². The number of rotatable bonds is 5. The summed E-state index contributed by atoms with van der Waals surface area (Å²) in [5.41, 5.74) is 5.46. The molecule has 5 nitrogen and oxygen atoms in total. The summed E-state index contributed by atoms with van der Waals surface area (Å²) in [7, 11) is -3.34. The molecule has 0 aromatic rings. The van der Waals surface area contributed by atoms with E-state index in [1.807, 2.05) is 0 Å².